The third-order valence-electron chi connectivity index (χ3n) is 2.54. The molecule has 1 aromatic heterocycles. The fraction of sp³-hybridized carbons (Fsp3) is 0.154. The maximum Gasteiger partial charge on any atom is 0.176 e. The molecule has 0 radical (unpaired) electrons. The van der Waals surface area contributed by atoms with E-state index in [1.807, 2.05) is 22.9 Å². The van der Waals surface area contributed by atoms with Gasteiger partial charge in [0.05, 0.1) is 5.69 Å². The molecule has 0 spiro atoms. The van der Waals surface area contributed by atoms with Crippen LogP contribution in [0.25, 0.3) is 0 Å². The maximum atomic E-state index is 11.4. The highest BCUT2D eigenvalue weighted by atomic mass is 35.5. The smallest absolute Gasteiger partial charge is 0.176 e. The zero-order valence-electron chi connectivity index (χ0n) is 9.28. The molecule has 17 heavy (non-hydrogen) atoms. The molecule has 2 nitrogen and oxygen atoms in total. The lowest BCUT2D eigenvalue weighted by Crippen LogP contribution is -2.07. The van der Waals surface area contributed by atoms with Gasteiger partial charge in [0.2, 0.25) is 0 Å². The first-order chi connectivity index (χ1) is 8.08. The number of nitrogens with zero attached hydrogens (tertiary/aromatic N) is 1. The van der Waals surface area contributed by atoms with Crippen LogP contribution in [0.1, 0.15) is 23.0 Å². The Morgan fingerprint density at radius 1 is 1.29 bits per heavy atom. The predicted molar refractivity (Wildman–Crippen MR) is 70.0 cm³/mol. The van der Waals surface area contributed by atoms with Crippen molar-refractivity contribution in [2.24, 2.45) is 0 Å². The first kappa shape index (κ1) is 12.2. The standard InChI is InChI=1S/C13H11Cl2NO/c1-9(17)13-3-2-6-16(13)8-10-7-11(14)4-5-12(10)15/h2-7H,8H2,1H3. The van der Waals surface area contributed by atoms with Gasteiger partial charge in [0.25, 0.3) is 0 Å². The van der Waals surface area contributed by atoms with Crippen molar-refractivity contribution in [3.05, 3.63) is 57.8 Å². The van der Waals surface area contributed by atoms with E-state index in [-0.39, 0.29) is 5.78 Å². The SMILES string of the molecule is CC(=O)c1cccn1Cc1cc(Cl)ccc1Cl. The number of hydrogen-bond donors (Lipinski definition) is 0. The normalized spacial score (nSPS) is 10.5. The Hall–Kier alpha value is -1.25. The van der Waals surface area contributed by atoms with Gasteiger partial charge in [0.1, 0.15) is 0 Å². The van der Waals surface area contributed by atoms with E-state index in [1.54, 1.807) is 25.1 Å². The highest BCUT2D eigenvalue weighted by Crippen LogP contribution is 2.22. The molecule has 0 fully saturated rings. The van der Waals surface area contributed by atoms with Gasteiger partial charge in [0.15, 0.2) is 5.78 Å². The van der Waals surface area contributed by atoms with E-state index in [9.17, 15) is 4.79 Å². The van der Waals surface area contributed by atoms with E-state index in [0.29, 0.717) is 22.3 Å². The summed E-state index contributed by atoms with van der Waals surface area (Å²) >= 11 is 12.0. The van der Waals surface area contributed by atoms with Crippen molar-refractivity contribution in [3.8, 4) is 0 Å². The summed E-state index contributed by atoms with van der Waals surface area (Å²) in [4.78, 5) is 11.4. The van der Waals surface area contributed by atoms with Gasteiger partial charge in [-0.25, -0.2) is 0 Å². The van der Waals surface area contributed by atoms with E-state index < -0.39 is 0 Å². The Labute approximate surface area is 110 Å². The summed E-state index contributed by atoms with van der Waals surface area (Å²) < 4.78 is 1.86. The van der Waals surface area contributed by atoms with Crippen molar-refractivity contribution in [2.75, 3.05) is 0 Å². The lowest BCUT2D eigenvalue weighted by molar-refractivity contribution is 0.100. The fourth-order valence-electron chi connectivity index (χ4n) is 1.72. The summed E-state index contributed by atoms with van der Waals surface area (Å²) in [6, 6.07) is 8.95. The lowest BCUT2D eigenvalue weighted by atomic mass is 10.2. The zero-order valence-corrected chi connectivity index (χ0v) is 10.8. The van der Waals surface area contributed by atoms with Crippen molar-refractivity contribution in [1.82, 2.24) is 4.57 Å². The molecular weight excluding hydrogens is 257 g/mol. The second-order valence-electron chi connectivity index (χ2n) is 3.81. The van der Waals surface area contributed by atoms with Crippen molar-refractivity contribution < 1.29 is 4.79 Å². The highest BCUT2D eigenvalue weighted by molar-refractivity contribution is 6.33. The minimum Gasteiger partial charge on any atom is -0.341 e. The van der Waals surface area contributed by atoms with Crippen LogP contribution in [0, 0.1) is 0 Å². The van der Waals surface area contributed by atoms with Crippen molar-refractivity contribution >= 4 is 29.0 Å². The van der Waals surface area contributed by atoms with Gasteiger partial charge in [-0.1, -0.05) is 23.2 Å². The molecule has 0 atom stereocenters. The van der Waals surface area contributed by atoms with Gasteiger partial charge in [-0.3, -0.25) is 4.79 Å². The minimum absolute atomic E-state index is 0.0353. The molecule has 0 saturated heterocycles. The van der Waals surface area contributed by atoms with E-state index in [4.69, 9.17) is 23.2 Å². The van der Waals surface area contributed by atoms with Crippen LogP contribution < -0.4 is 0 Å². The summed E-state index contributed by atoms with van der Waals surface area (Å²) in [6.07, 6.45) is 1.86. The van der Waals surface area contributed by atoms with E-state index in [1.165, 1.54) is 0 Å². The summed E-state index contributed by atoms with van der Waals surface area (Å²) in [6.45, 7) is 2.09. The topological polar surface area (TPSA) is 22.0 Å². The molecule has 0 saturated carbocycles. The van der Waals surface area contributed by atoms with Gasteiger partial charge in [-0.15, -0.1) is 0 Å². The van der Waals surface area contributed by atoms with Crippen LogP contribution in [0.2, 0.25) is 10.0 Å². The quantitative estimate of drug-likeness (QED) is 0.770. The van der Waals surface area contributed by atoms with Gasteiger partial charge < -0.3 is 4.57 Å². The molecule has 0 aliphatic carbocycles. The Balaban J connectivity index is 2.34. The van der Waals surface area contributed by atoms with Gasteiger partial charge in [0, 0.05) is 29.7 Å². The van der Waals surface area contributed by atoms with Gasteiger partial charge in [-0.05, 0) is 35.9 Å². The number of halogens is 2. The third kappa shape index (κ3) is 2.71. The number of ketones is 1. The van der Waals surface area contributed by atoms with E-state index in [2.05, 4.69) is 0 Å². The molecule has 1 aromatic carbocycles. The van der Waals surface area contributed by atoms with Crippen LogP contribution >= 0.6 is 23.2 Å². The summed E-state index contributed by atoms with van der Waals surface area (Å²) in [7, 11) is 0. The second-order valence-corrected chi connectivity index (χ2v) is 4.66. The van der Waals surface area contributed by atoms with Crippen molar-refractivity contribution in [3.63, 3.8) is 0 Å². The zero-order chi connectivity index (χ0) is 12.4. The average Bonchev–Trinajstić information content (AvgIpc) is 2.71. The molecule has 0 aliphatic rings. The number of Topliss-reactive ketones (excluding diaryl/α,β-unsaturated/α-hetero) is 1. The van der Waals surface area contributed by atoms with Crippen LogP contribution in [-0.2, 0) is 6.54 Å². The van der Waals surface area contributed by atoms with Gasteiger partial charge in [-0.2, -0.15) is 0 Å². The molecule has 0 aliphatic heterocycles. The van der Waals surface area contributed by atoms with Crippen LogP contribution in [0.5, 0.6) is 0 Å². The summed E-state index contributed by atoms with van der Waals surface area (Å²) in [5.74, 6) is 0.0353. The van der Waals surface area contributed by atoms with Crippen LogP contribution in [-0.4, -0.2) is 10.4 Å². The van der Waals surface area contributed by atoms with Gasteiger partial charge >= 0.3 is 0 Å². The summed E-state index contributed by atoms with van der Waals surface area (Å²) in [5.41, 5.74) is 1.57. The Bertz CT molecular complexity index is 560. The first-order valence-electron chi connectivity index (χ1n) is 5.18. The van der Waals surface area contributed by atoms with E-state index in [0.717, 1.165) is 5.56 Å². The third-order valence-corrected chi connectivity index (χ3v) is 3.14. The molecule has 0 unspecified atom stereocenters. The molecule has 1 heterocycles. The van der Waals surface area contributed by atoms with Crippen LogP contribution in [0.3, 0.4) is 0 Å². The Morgan fingerprint density at radius 3 is 2.76 bits per heavy atom. The molecule has 0 N–H and O–H groups in total. The first-order valence-corrected chi connectivity index (χ1v) is 5.93. The average molecular weight is 268 g/mol. The molecule has 2 rings (SSSR count). The molecule has 2 aromatic rings. The molecule has 0 bridgehead atoms. The number of hydrogen-bond acceptors (Lipinski definition) is 1. The lowest BCUT2D eigenvalue weighted by Gasteiger charge is -2.09. The van der Waals surface area contributed by atoms with E-state index >= 15 is 0 Å². The van der Waals surface area contributed by atoms with Crippen LogP contribution in [0.15, 0.2) is 36.5 Å². The number of benzene rings is 1. The maximum absolute atomic E-state index is 11.4. The Kier molecular flexibility index (Phi) is 3.55. The van der Waals surface area contributed by atoms with Crippen molar-refractivity contribution in [2.45, 2.75) is 13.5 Å². The Morgan fingerprint density at radius 2 is 2.06 bits per heavy atom. The van der Waals surface area contributed by atoms with Crippen molar-refractivity contribution in [1.29, 1.82) is 0 Å². The number of aromatic nitrogens is 1. The molecule has 0 amide bonds. The highest BCUT2D eigenvalue weighted by Gasteiger charge is 2.08. The fourth-order valence-corrected chi connectivity index (χ4v) is 2.09. The molecule has 88 valence electrons. The molecule has 4 heteroatoms. The van der Waals surface area contributed by atoms with Crippen LogP contribution in [0.4, 0.5) is 0 Å². The number of carbonyl (C=O) groups excluding carboxylic acids is 1. The predicted octanol–water partition coefficient (Wildman–Crippen LogP) is 4.05. The second kappa shape index (κ2) is 4.94. The summed E-state index contributed by atoms with van der Waals surface area (Å²) in [5, 5.41) is 1.29. The monoisotopic (exact) mass is 267 g/mol. The molecular formula is C13H11Cl2NO. The number of rotatable bonds is 3. The number of carbonyl (C=O) groups is 1. The minimum atomic E-state index is 0.0353. The largest absolute Gasteiger partial charge is 0.341 e.